The highest BCUT2D eigenvalue weighted by Crippen LogP contribution is 2.28. The predicted molar refractivity (Wildman–Crippen MR) is 92.8 cm³/mol. The zero-order chi connectivity index (χ0) is 16.2. The molecule has 0 heterocycles. The van der Waals surface area contributed by atoms with Crippen LogP contribution in [0, 0.1) is 6.92 Å². The van der Waals surface area contributed by atoms with Gasteiger partial charge in [-0.15, -0.1) is 0 Å². The summed E-state index contributed by atoms with van der Waals surface area (Å²) in [6.07, 6.45) is 1.70. The van der Waals surface area contributed by atoms with Crippen LogP contribution in [0.1, 0.15) is 26.3 Å². The molecule has 0 aliphatic carbocycles. The van der Waals surface area contributed by atoms with Crippen molar-refractivity contribution < 1.29 is 9.59 Å². The zero-order valence-electron chi connectivity index (χ0n) is 12.8. The Morgan fingerprint density at radius 1 is 0.609 bits per heavy atom. The fraction of sp³-hybridized carbons (Fsp3) is 0.0476. The summed E-state index contributed by atoms with van der Waals surface area (Å²) in [6, 6.07) is 21.4. The molecule has 0 saturated carbocycles. The molecule has 0 atom stereocenters. The van der Waals surface area contributed by atoms with Crippen molar-refractivity contribution in [2.45, 2.75) is 6.92 Å². The summed E-state index contributed by atoms with van der Waals surface area (Å²) in [5, 5.41) is 0. The molecule has 0 aliphatic heterocycles. The van der Waals surface area contributed by atoms with Crippen LogP contribution in [0.25, 0.3) is 22.3 Å². The van der Waals surface area contributed by atoms with Crippen LogP contribution >= 0.6 is 0 Å². The minimum Gasteiger partial charge on any atom is -0.298 e. The number of benzene rings is 3. The van der Waals surface area contributed by atoms with Gasteiger partial charge in [0.05, 0.1) is 0 Å². The number of hydrogen-bond acceptors (Lipinski definition) is 2. The van der Waals surface area contributed by atoms with Gasteiger partial charge in [-0.2, -0.15) is 0 Å². The molecule has 3 aromatic rings. The molecule has 0 fully saturated rings. The molecule has 2 nitrogen and oxygen atoms in total. The molecular weight excluding hydrogens is 284 g/mol. The Kier molecular flexibility index (Phi) is 4.15. The van der Waals surface area contributed by atoms with Crippen molar-refractivity contribution in [3.63, 3.8) is 0 Å². The lowest BCUT2D eigenvalue weighted by molar-refractivity contribution is 0.111. The van der Waals surface area contributed by atoms with Gasteiger partial charge in [-0.25, -0.2) is 0 Å². The second-order valence-electron chi connectivity index (χ2n) is 5.51. The van der Waals surface area contributed by atoms with E-state index >= 15 is 0 Å². The Morgan fingerprint density at radius 3 is 1.57 bits per heavy atom. The molecule has 0 radical (unpaired) electrons. The number of aldehydes is 2. The van der Waals surface area contributed by atoms with E-state index in [-0.39, 0.29) is 0 Å². The molecule has 0 amide bonds. The van der Waals surface area contributed by atoms with Crippen LogP contribution in [0.3, 0.4) is 0 Å². The van der Waals surface area contributed by atoms with Crippen molar-refractivity contribution >= 4 is 12.6 Å². The average molecular weight is 300 g/mol. The summed E-state index contributed by atoms with van der Waals surface area (Å²) in [4.78, 5) is 21.5. The fourth-order valence-electron chi connectivity index (χ4n) is 2.66. The van der Waals surface area contributed by atoms with Crippen LogP contribution in [-0.4, -0.2) is 12.6 Å². The van der Waals surface area contributed by atoms with Gasteiger partial charge in [0.2, 0.25) is 0 Å². The van der Waals surface area contributed by atoms with Crippen LogP contribution < -0.4 is 0 Å². The quantitative estimate of drug-likeness (QED) is 0.639. The summed E-state index contributed by atoms with van der Waals surface area (Å²) in [5.74, 6) is 0. The molecule has 112 valence electrons. The Labute approximate surface area is 135 Å². The monoisotopic (exact) mass is 300 g/mol. The van der Waals surface area contributed by atoms with Gasteiger partial charge in [0.1, 0.15) is 12.6 Å². The maximum atomic E-state index is 10.7. The Bertz CT molecular complexity index is 844. The second kappa shape index (κ2) is 6.41. The van der Waals surface area contributed by atoms with Gasteiger partial charge in [-0.05, 0) is 34.7 Å². The Morgan fingerprint density at radius 2 is 1.09 bits per heavy atom. The highest BCUT2D eigenvalue weighted by atomic mass is 16.1. The van der Waals surface area contributed by atoms with E-state index in [4.69, 9.17) is 0 Å². The van der Waals surface area contributed by atoms with Gasteiger partial charge in [-0.1, -0.05) is 66.7 Å². The predicted octanol–water partition coefficient (Wildman–Crippen LogP) is 4.95. The third-order valence-electron chi connectivity index (χ3n) is 3.96. The maximum absolute atomic E-state index is 10.7. The van der Waals surface area contributed by atoms with Crippen LogP contribution in [0.5, 0.6) is 0 Å². The summed E-state index contributed by atoms with van der Waals surface area (Å²) >= 11 is 0. The van der Waals surface area contributed by atoms with Crippen molar-refractivity contribution in [1.82, 2.24) is 0 Å². The fourth-order valence-corrected chi connectivity index (χ4v) is 2.66. The highest BCUT2D eigenvalue weighted by molar-refractivity contribution is 5.80. The van der Waals surface area contributed by atoms with Gasteiger partial charge in [0.15, 0.2) is 0 Å². The minimum absolute atomic E-state index is 0.678. The third-order valence-corrected chi connectivity index (χ3v) is 3.96. The van der Waals surface area contributed by atoms with Crippen molar-refractivity contribution in [1.29, 1.82) is 0 Å². The first kappa shape index (κ1) is 14.9. The summed E-state index contributed by atoms with van der Waals surface area (Å²) in [6.45, 7) is 2.08. The molecule has 3 aromatic carbocycles. The molecule has 2 heteroatoms. The molecule has 0 N–H and O–H groups in total. The van der Waals surface area contributed by atoms with Crippen LogP contribution in [-0.2, 0) is 0 Å². The molecule has 23 heavy (non-hydrogen) atoms. The van der Waals surface area contributed by atoms with E-state index in [1.807, 2.05) is 48.5 Å². The number of carbonyl (C=O) groups is 2. The first-order valence-corrected chi connectivity index (χ1v) is 7.43. The number of carbonyl (C=O) groups excluding carboxylic acids is 2. The van der Waals surface area contributed by atoms with Gasteiger partial charge in [-0.3, -0.25) is 9.59 Å². The van der Waals surface area contributed by atoms with E-state index in [9.17, 15) is 9.59 Å². The summed E-state index contributed by atoms with van der Waals surface area (Å²) in [5.41, 5.74) is 6.97. The smallest absolute Gasteiger partial charge is 0.150 e. The second-order valence-corrected chi connectivity index (χ2v) is 5.51. The van der Waals surface area contributed by atoms with E-state index < -0.39 is 0 Å². The van der Waals surface area contributed by atoms with Crippen molar-refractivity contribution in [2.75, 3.05) is 0 Å². The largest absolute Gasteiger partial charge is 0.298 e. The lowest BCUT2D eigenvalue weighted by Gasteiger charge is -2.10. The molecule has 0 spiro atoms. The third kappa shape index (κ3) is 3.11. The molecule has 0 unspecified atom stereocenters. The van der Waals surface area contributed by atoms with Crippen LogP contribution in [0.4, 0.5) is 0 Å². The van der Waals surface area contributed by atoms with Crippen LogP contribution in [0.15, 0.2) is 66.7 Å². The SMILES string of the molecule is Cc1cc(-c2ccc(C=O)cc2)ccc1-c1ccc(C=O)cc1. The van der Waals surface area contributed by atoms with Crippen LogP contribution in [0.2, 0.25) is 0 Å². The van der Waals surface area contributed by atoms with E-state index in [2.05, 4.69) is 25.1 Å². The Balaban J connectivity index is 1.95. The first-order valence-electron chi connectivity index (χ1n) is 7.43. The molecule has 0 saturated heterocycles. The molecular formula is C21H16O2. The average Bonchev–Trinajstić information content (AvgIpc) is 2.62. The van der Waals surface area contributed by atoms with E-state index in [1.165, 1.54) is 5.56 Å². The number of aryl methyl sites for hydroxylation is 1. The first-order chi connectivity index (χ1) is 11.2. The number of rotatable bonds is 4. The van der Waals surface area contributed by atoms with Crippen molar-refractivity contribution in [2.24, 2.45) is 0 Å². The lowest BCUT2D eigenvalue weighted by atomic mass is 9.95. The molecule has 0 aromatic heterocycles. The Hall–Kier alpha value is -3.00. The summed E-state index contributed by atoms with van der Waals surface area (Å²) < 4.78 is 0. The van der Waals surface area contributed by atoms with Gasteiger partial charge in [0.25, 0.3) is 0 Å². The molecule has 0 bridgehead atoms. The van der Waals surface area contributed by atoms with Gasteiger partial charge >= 0.3 is 0 Å². The molecule has 3 rings (SSSR count). The van der Waals surface area contributed by atoms with Gasteiger partial charge < -0.3 is 0 Å². The van der Waals surface area contributed by atoms with E-state index in [0.29, 0.717) is 11.1 Å². The minimum atomic E-state index is 0.678. The summed E-state index contributed by atoms with van der Waals surface area (Å²) in [7, 11) is 0. The van der Waals surface area contributed by atoms with E-state index in [1.54, 1.807) is 0 Å². The lowest BCUT2D eigenvalue weighted by Crippen LogP contribution is -1.87. The highest BCUT2D eigenvalue weighted by Gasteiger charge is 2.05. The maximum Gasteiger partial charge on any atom is 0.150 e. The van der Waals surface area contributed by atoms with Gasteiger partial charge in [0, 0.05) is 11.1 Å². The molecule has 0 aliphatic rings. The van der Waals surface area contributed by atoms with Crippen molar-refractivity contribution in [3.8, 4) is 22.3 Å². The van der Waals surface area contributed by atoms with E-state index in [0.717, 1.165) is 34.8 Å². The topological polar surface area (TPSA) is 34.1 Å². The standard InChI is InChI=1S/C21H16O2/c1-15-12-20(18-6-2-16(13-22)3-7-18)10-11-21(15)19-8-4-17(14-23)5-9-19/h2-14H,1H3. The normalized spacial score (nSPS) is 10.3. The zero-order valence-corrected chi connectivity index (χ0v) is 12.8. The van der Waals surface area contributed by atoms with Crippen molar-refractivity contribution in [3.05, 3.63) is 83.4 Å². The number of hydrogen-bond donors (Lipinski definition) is 0.